The van der Waals surface area contributed by atoms with E-state index >= 15 is 0 Å². The van der Waals surface area contributed by atoms with Crippen LogP contribution in [0.5, 0.6) is 5.75 Å². The van der Waals surface area contributed by atoms with Crippen LogP contribution in [-0.2, 0) is 16.1 Å². The number of fused-ring (bicyclic) bond motifs is 3. The lowest BCUT2D eigenvalue weighted by molar-refractivity contribution is -0.148. The fourth-order valence-corrected chi connectivity index (χ4v) is 6.64. The molecule has 3 aliphatic rings. The topological polar surface area (TPSA) is 81.0 Å². The summed E-state index contributed by atoms with van der Waals surface area (Å²) in [5.41, 5.74) is 2.24. The van der Waals surface area contributed by atoms with Crippen LogP contribution in [0.2, 0.25) is 0 Å². The summed E-state index contributed by atoms with van der Waals surface area (Å²) >= 11 is 0. The SMILES string of the molecule is COC(=O)[C@H]1[C@H](CO)[C@H]2Cn3c(ccc(-c4ccccc4OC)c3=O)[C@H]2N1CC1CCCCC1. The van der Waals surface area contributed by atoms with E-state index in [1.54, 1.807) is 7.11 Å². The van der Waals surface area contributed by atoms with E-state index in [0.29, 0.717) is 23.8 Å². The van der Waals surface area contributed by atoms with E-state index in [1.807, 2.05) is 41.0 Å². The summed E-state index contributed by atoms with van der Waals surface area (Å²) in [6, 6.07) is 10.9. The van der Waals surface area contributed by atoms with Gasteiger partial charge in [0.2, 0.25) is 0 Å². The van der Waals surface area contributed by atoms with Gasteiger partial charge in [0.1, 0.15) is 11.8 Å². The lowest BCUT2D eigenvalue weighted by Crippen LogP contribution is -2.45. The largest absolute Gasteiger partial charge is 0.496 e. The number of aliphatic hydroxyl groups excluding tert-OH is 1. The Morgan fingerprint density at radius 1 is 1.06 bits per heavy atom. The highest BCUT2D eigenvalue weighted by Gasteiger charge is 2.56. The first-order valence-corrected chi connectivity index (χ1v) is 12.4. The second-order valence-electron chi connectivity index (χ2n) is 9.91. The highest BCUT2D eigenvalue weighted by atomic mass is 16.5. The van der Waals surface area contributed by atoms with Crippen LogP contribution >= 0.6 is 0 Å². The molecule has 0 amide bonds. The number of pyridine rings is 1. The normalized spacial score (nSPS) is 26.8. The molecule has 7 nitrogen and oxygen atoms in total. The summed E-state index contributed by atoms with van der Waals surface area (Å²) in [7, 11) is 3.03. The molecule has 7 heteroatoms. The van der Waals surface area contributed by atoms with Gasteiger partial charge < -0.3 is 19.1 Å². The number of aliphatic hydroxyl groups is 1. The van der Waals surface area contributed by atoms with Crippen LogP contribution in [0.3, 0.4) is 0 Å². The molecule has 0 radical (unpaired) electrons. The van der Waals surface area contributed by atoms with E-state index in [1.165, 1.54) is 26.4 Å². The Kier molecular flexibility index (Phi) is 6.49. The first kappa shape index (κ1) is 23.1. The van der Waals surface area contributed by atoms with E-state index in [-0.39, 0.29) is 36.0 Å². The zero-order valence-electron chi connectivity index (χ0n) is 20.0. The van der Waals surface area contributed by atoms with Crippen molar-refractivity contribution in [2.75, 3.05) is 27.4 Å². The molecular formula is C27H34N2O5. The Morgan fingerprint density at radius 2 is 1.82 bits per heavy atom. The fraction of sp³-hybridized carbons (Fsp3) is 0.556. The van der Waals surface area contributed by atoms with Crippen LogP contribution in [0.1, 0.15) is 43.8 Å². The number of esters is 1. The molecule has 0 unspecified atom stereocenters. The number of carbonyl (C=O) groups excluding carboxylic acids is 1. The number of ether oxygens (including phenoxy) is 2. The molecule has 5 rings (SSSR count). The number of aromatic nitrogens is 1. The Balaban J connectivity index is 1.56. The summed E-state index contributed by atoms with van der Waals surface area (Å²) < 4.78 is 12.5. The minimum absolute atomic E-state index is 0.0155. The summed E-state index contributed by atoms with van der Waals surface area (Å²) in [5, 5.41) is 10.4. The van der Waals surface area contributed by atoms with Crippen molar-refractivity contribution in [3.63, 3.8) is 0 Å². The lowest BCUT2D eigenvalue weighted by Gasteiger charge is -2.34. The summed E-state index contributed by atoms with van der Waals surface area (Å²) in [6.07, 6.45) is 6.02. The minimum Gasteiger partial charge on any atom is -0.496 e. The van der Waals surface area contributed by atoms with Gasteiger partial charge in [-0.05, 0) is 37.0 Å². The minimum atomic E-state index is -0.482. The molecule has 0 spiro atoms. The van der Waals surface area contributed by atoms with Gasteiger partial charge in [0.15, 0.2) is 0 Å². The van der Waals surface area contributed by atoms with Crippen molar-refractivity contribution in [3.05, 3.63) is 52.4 Å². The van der Waals surface area contributed by atoms with Gasteiger partial charge in [-0.15, -0.1) is 0 Å². The number of benzene rings is 1. The highest BCUT2D eigenvalue weighted by Crippen LogP contribution is 2.50. The monoisotopic (exact) mass is 466 g/mol. The maximum Gasteiger partial charge on any atom is 0.323 e. The number of rotatable bonds is 6. The maximum absolute atomic E-state index is 13.7. The van der Waals surface area contributed by atoms with Crippen molar-refractivity contribution in [1.29, 1.82) is 0 Å². The maximum atomic E-state index is 13.7. The van der Waals surface area contributed by atoms with E-state index in [0.717, 1.165) is 30.6 Å². The van der Waals surface area contributed by atoms with Crippen molar-refractivity contribution in [3.8, 4) is 16.9 Å². The smallest absolute Gasteiger partial charge is 0.323 e. The Hall–Kier alpha value is -2.64. The molecule has 1 aliphatic carbocycles. The predicted molar refractivity (Wildman–Crippen MR) is 129 cm³/mol. The average Bonchev–Trinajstić information content (AvgIpc) is 3.40. The molecule has 1 saturated heterocycles. The van der Waals surface area contributed by atoms with Crippen LogP contribution in [0, 0.1) is 17.8 Å². The van der Waals surface area contributed by atoms with Crippen LogP contribution in [-0.4, -0.2) is 54.0 Å². The zero-order chi connectivity index (χ0) is 23.8. The number of likely N-dealkylation sites (tertiary alicyclic amines) is 1. The third-order valence-corrected chi connectivity index (χ3v) is 8.22. The van der Waals surface area contributed by atoms with Crippen molar-refractivity contribution >= 4 is 5.97 Å². The molecule has 1 saturated carbocycles. The molecule has 182 valence electrons. The van der Waals surface area contributed by atoms with E-state index < -0.39 is 6.04 Å². The van der Waals surface area contributed by atoms with Crippen molar-refractivity contribution < 1.29 is 19.4 Å². The van der Waals surface area contributed by atoms with Crippen molar-refractivity contribution in [1.82, 2.24) is 9.47 Å². The van der Waals surface area contributed by atoms with Crippen molar-refractivity contribution in [2.24, 2.45) is 17.8 Å². The number of carbonyl (C=O) groups is 1. The van der Waals surface area contributed by atoms with Crippen LogP contribution in [0.15, 0.2) is 41.2 Å². The molecule has 2 fully saturated rings. The van der Waals surface area contributed by atoms with Gasteiger partial charge in [-0.25, -0.2) is 0 Å². The molecule has 4 atom stereocenters. The second-order valence-corrected chi connectivity index (χ2v) is 9.91. The Bertz CT molecular complexity index is 1110. The molecular weight excluding hydrogens is 432 g/mol. The van der Waals surface area contributed by atoms with Gasteiger partial charge in [0, 0.05) is 42.8 Å². The molecule has 3 heterocycles. The van der Waals surface area contributed by atoms with E-state index in [2.05, 4.69) is 4.90 Å². The lowest BCUT2D eigenvalue weighted by atomic mass is 9.88. The molecule has 2 aliphatic heterocycles. The average molecular weight is 467 g/mol. The van der Waals surface area contributed by atoms with E-state index in [9.17, 15) is 14.7 Å². The molecule has 1 aromatic carbocycles. The van der Waals surface area contributed by atoms with Gasteiger partial charge >= 0.3 is 5.97 Å². The molecule has 1 N–H and O–H groups in total. The summed E-state index contributed by atoms with van der Waals surface area (Å²) in [4.78, 5) is 28.8. The van der Waals surface area contributed by atoms with Gasteiger partial charge in [-0.2, -0.15) is 0 Å². The predicted octanol–water partition coefficient (Wildman–Crippen LogP) is 3.24. The Morgan fingerprint density at radius 3 is 2.53 bits per heavy atom. The molecule has 0 bridgehead atoms. The standard InChI is InChI=1S/C27H34N2O5/c1-33-23-11-7-6-10-18(23)19-12-13-22-24-20(15-28(22)26(19)31)21(16-30)25(27(32)34-2)29(24)14-17-8-4-3-5-9-17/h6-7,10-13,17,20-21,24-25,30H,3-5,8-9,14-16H2,1-2H3/t20-,21-,24+,25-/m1/s1. The number of methoxy groups -OCH3 is 2. The van der Waals surface area contributed by atoms with E-state index in [4.69, 9.17) is 9.47 Å². The fourth-order valence-electron chi connectivity index (χ4n) is 6.64. The first-order chi connectivity index (χ1) is 16.6. The Labute approximate surface area is 200 Å². The van der Waals surface area contributed by atoms with Crippen LogP contribution in [0.25, 0.3) is 11.1 Å². The molecule has 34 heavy (non-hydrogen) atoms. The van der Waals surface area contributed by atoms with Gasteiger partial charge in [0.05, 0.1) is 25.8 Å². The van der Waals surface area contributed by atoms with Crippen molar-refractivity contribution in [2.45, 2.75) is 50.7 Å². The quantitative estimate of drug-likeness (QED) is 0.659. The number of nitrogens with zero attached hydrogens (tertiary/aromatic N) is 2. The van der Waals surface area contributed by atoms with Crippen LogP contribution in [0.4, 0.5) is 0 Å². The highest BCUT2D eigenvalue weighted by molar-refractivity contribution is 5.77. The van der Waals surface area contributed by atoms with Gasteiger partial charge in [0.25, 0.3) is 5.56 Å². The summed E-state index contributed by atoms with van der Waals surface area (Å²) in [6.45, 7) is 1.17. The first-order valence-electron chi connectivity index (χ1n) is 12.4. The molecule has 2 aromatic rings. The third kappa shape index (κ3) is 3.75. The number of para-hydroxylation sites is 1. The van der Waals surface area contributed by atoms with Gasteiger partial charge in [-0.3, -0.25) is 14.5 Å². The molecule has 1 aromatic heterocycles. The number of hydrogen-bond acceptors (Lipinski definition) is 6. The second kappa shape index (κ2) is 9.55. The van der Waals surface area contributed by atoms with Crippen LogP contribution < -0.4 is 10.3 Å². The zero-order valence-corrected chi connectivity index (χ0v) is 20.0. The third-order valence-electron chi connectivity index (χ3n) is 8.22. The summed E-state index contributed by atoms with van der Waals surface area (Å²) in [5.74, 6) is 0.612. The van der Waals surface area contributed by atoms with Gasteiger partial charge in [-0.1, -0.05) is 37.5 Å². The number of hydrogen-bond donors (Lipinski definition) is 1.